The summed E-state index contributed by atoms with van der Waals surface area (Å²) in [6.07, 6.45) is 2.04. The first kappa shape index (κ1) is 11.7. The lowest BCUT2D eigenvalue weighted by atomic mass is 10.2. The van der Waals surface area contributed by atoms with Crippen molar-refractivity contribution in [3.63, 3.8) is 0 Å². The predicted octanol–water partition coefficient (Wildman–Crippen LogP) is 1.27. The Balaban J connectivity index is 1.93. The predicted molar refractivity (Wildman–Crippen MR) is 59.2 cm³/mol. The maximum absolute atomic E-state index is 11.9. The van der Waals surface area contributed by atoms with Crippen LogP contribution in [0.3, 0.4) is 0 Å². The quantitative estimate of drug-likeness (QED) is 0.856. The van der Waals surface area contributed by atoms with Crippen LogP contribution in [0.5, 0.6) is 0 Å². The van der Waals surface area contributed by atoms with Crippen molar-refractivity contribution in [2.24, 2.45) is 11.8 Å². The van der Waals surface area contributed by atoms with Gasteiger partial charge in [0, 0.05) is 19.2 Å². The minimum atomic E-state index is -0.878. The number of carboxylic acids is 1. The fourth-order valence-corrected chi connectivity index (χ4v) is 1.93. The van der Waals surface area contributed by atoms with Crippen LogP contribution >= 0.6 is 0 Å². The van der Waals surface area contributed by atoms with E-state index in [0.29, 0.717) is 13.0 Å². The zero-order chi connectivity index (χ0) is 12.6. The summed E-state index contributed by atoms with van der Waals surface area (Å²) in [6, 6.07) is 1.82. The summed E-state index contributed by atoms with van der Waals surface area (Å²) >= 11 is 0. The Bertz CT molecular complexity index is 451. The summed E-state index contributed by atoms with van der Waals surface area (Å²) < 4.78 is 5.15. The Kier molecular flexibility index (Phi) is 2.92. The molecule has 0 saturated heterocycles. The summed E-state index contributed by atoms with van der Waals surface area (Å²) in [4.78, 5) is 24.1. The number of carbonyl (C=O) groups is 2. The third-order valence-corrected chi connectivity index (χ3v) is 3.17. The second-order valence-electron chi connectivity index (χ2n) is 4.48. The zero-order valence-electron chi connectivity index (χ0n) is 9.84. The third kappa shape index (κ3) is 2.33. The molecule has 0 aromatic carbocycles. The minimum absolute atomic E-state index is 0.0991. The Morgan fingerprint density at radius 1 is 1.53 bits per heavy atom. The van der Waals surface area contributed by atoms with Crippen molar-refractivity contribution < 1.29 is 19.1 Å². The molecule has 2 rings (SSSR count). The number of furan rings is 1. The van der Waals surface area contributed by atoms with Gasteiger partial charge in [-0.3, -0.25) is 9.59 Å². The molecule has 1 aromatic rings. The standard InChI is InChI=1S/C12H15NO4/c1-7-8(3-4-17-7)6-13(2)11(14)9-5-10(9)12(15)16/h3-4,9-10H,5-6H2,1-2H3,(H,15,16)/t9-,10+/m1/s1. The van der Waals surface area contributed by atoms with Gasteiger partial charge in [-0.05, 0) is 19.4 Å². The maximum Gasteiger partial charge on any atom is 0.307 e. The highest BCUT2D eigenvalue weighted by Gasteiger charge is 2.49. The lowest BCUT2D eigenvalue weighted by Gasteiger charge is -2.16. The molecule has 1 aliphatic carbocycles. The smallest absolute Gasteiger partial charge is 0.307 e. The van der Waals surface area contributed by atoms with Gasteiger partial charge < -0.3 is 14.4 Å². The van der Waals surface area contributed by atoms with E-state index in [9.17, 15) is 9.59 Å². The normalized spacial score (nSPS) is 22.2. The summed E-state index contributed by atoms with van der Waals surface area (Å²) in [5.74, 6) is -1.02. The van der Waals surface area contributed by atoms with E-state index in [1.807, 2.05) is 13.0 Å². The van der Waals surface area contributed by atoms with Crippen LogP contribution in [0.25, 0.3) is 0 Å². The van der Waals surface area contributed by atoms with Crippen molar-refractivity contribution in [1.29, 1.82) is 0 Å². The molecule has 0 aliphatic heterocycles. The van der Waals surface area contributed by atoms with E-state index in [1.54, 1.807) is 18.2 Å². The van der Waals surface area contributed by atoms with Crippen molar-refractivity contribution in [2.75, 3.05) is 7.05 Å². The van der Waals surface area contributed by atoms with Gasteiger partial charge in [0.25, 0.3) is 0 Å². The van der Waals surface area contributed by atoms with Crippen LogP contribution in [0.15, 0.2) is 16.7 Å². The Hall–Kier alpha value is -1.78. The van der Waals surface area contributed by atoms with Crippen molar-refractivity contribution in [1.82, 2.24) is 4.90 Å². The molecular formula is C12H15NO4. The lowest BCUT2D eigenvalue weighted by Crippen LogP contribution is -2.28. The second kappa shape index (κ2) is 4.24. The molecule has 1 heterocycles. The first-order valence-corrected chi connectivity index (χ1v) is 5.51. The fourth-order valence-electron chi connectivity index (χ4n) is 1.93. The monoisotopic (exact) mass is 237 g/mol. The maximum atomic E-state index is 11.9. The number of hydrogen-bond donors (Lipinski definition) is 1. The molecule has 0 radical (unpaired) electrons. The molecule has 1 saturated carbocycles. The summed E-state index contributed by atoms with van der Waals surface area (Å²) in [7, 11) is 1.69. The minimum Gasteiger partial charge on any atom is -0.481 e. The van der Waals surface area contributed by atoms with Gasteiger partial charge in [-0.1, -0.05) is 0 Å². The van der Waals surface area contributed by atoms with Gasteiger partial charge in [-0.25, -0.2) is 0 Å². The number of amides is 1. The van der Waals surface area contributed by atoms with Gasteiger partial charge in [-0.15, -0.1) is 0 Å². The highest BCUT2D eigenvalue weighted by atomic mass is 16.4. The zero-order valence-corrected chi connectivity index (χ0v) is 9.84. The number of hydrogen-bond acceptors (Lipinski definition) is 3. The SMILES string of the molecule is Cc1occc1CN(C)C(=O)[C@@H]1C[C@@H]1C(=O)O. The number of rotatable bonds is 4. The molecule has 2 atom stereocenters. The Morgan fingerprint density at radius 2 is 2.24 bits per heavy atom. The van der Waals surface area contributed by atoms with Crippen LogP contribution in [0.4, 0.5) is 0 Å². The molecule has 1 N–H and O–H groups in total. The second-order valence-corrected chi connectivity index (χ2v) is 4.48. The number of aliphatic carboxylic acids is 1. The van der Waals surface area contributed by atoms with Gasteiger partial charge >= 0.3 is 5.97 Å². The van der Waals surface area contributed by atoms with E-state index < -0.39 is 11.9 Å². The van der Waals surface area contributed by atoms with Crippen molar-refractivity contribution in [3.8, 4) is 0 Å². The lowest BCUT2D eigenvalue weighted by molar-refractivity contribution is -0.141. The number of aryl methyl sites for hydroxylation is 1. The first-order chi connectivity index (χ1) is 8.00. The largest absolute Gasteiger partial charge is 0.481 e. The van der Waals surface area contributed by atoms with Crippen molar-refractivity contribution >= 4 is 11.9 Å². The van der Waals surface area contributed by atoms with Crippen LogP contribution < -0.4 is 0 Å². The molecule has 1 fully saturated rings. The highest BCUT2D eigenvalue weighted by molar-refractivity contribution is 5.89. The number of nitrogens with zero attached hydrogens (tertiary/aromatic N) is 1. The average Bonchev–Trinajstić information content (AvgIpc) is 2.98. The summed E-state index contributed by atoms with van der Waals surface area (Å²) in [5.41, 5.74) is 0.952. The molecule has 1 amide bonds. The topological polar surface area (TPSA) is 70.8 Å². The molecule has 1 aliphatic rings. The van der Waals surface area contributed by atoms with Crippen LogP contribution in [-0.4, -0.2) is 28.9 Å². The molecule has 5 nitrogen and oxygen atoms in total. The van der Waals surface area contributed by atoms with Crippen LogP contribution in [0.1, 0.15) is 17.7 Å². The van der Waals surface area contributed by atoms with Crippen molar-refractivity contribution in [2.45, 2.75) is 19.9 Å². The Labute approximate surface area is 99.0 Å². The fraction of sp³-hybridized carbons (Fsp3) is 0.500. The van der Waals surface area contributed by atoms with E-state index in [4.69, 9.17) is 9.52 Å². The average molecular weight is 237 g/mol. The van der Waals surface area contributed by atoms with E-state index in [2.05, 4.69) is 0 Å². The van der Waals surface area contributed by atoms with Gasteiger partial charge in [0.05, 0.1) is 18.1 Å². The number of carboxylic acid groups (broad SMARTS) is 1. The van der Waals surface area contributed by atoms with E-state index >= 15 is 0 Å². The van der Waals surface area contributed by atoms with E-state index in [-0.39, 0.29) is 11.8 Å². The van der Waals surface area contributed by atoms with Gasteiger partial charge in [0.2, 0.25) is 5.91 Å². The molecule has 92 valence electrons. The van der Waals surface area contributed by atoms with Gasteiger partial charge in [0.1, 0.15) is 5.76 Å². The summed E-state index contributed by atoms with van der Waals surface area (Å²) in [6.45, 7) is 2.30. The summed E-state index contributed by atoms with van der Waals surface area (Å²) in [5, 5.41) is 8.77. The number of carbonyl (C=O) groups excluding carboxylic acids is 1. The molecule has 0 spiro atoms. The molecule has 1 aromatic heterocycles. The van der Waals surface area contributed by atoms with Gasteiger partial charge in [0.15, 0.2) is 0 Å². The van der Waals surface area contributed by atoms with Crippen molar-refractivity contribution in [3.05, 3.63) is 23.7 Å². The van der Waals surface area contributed by atoms with Crippen LogP contribution in [0, 0.1) is 18.8 Å². The molecule has 0 bridgehead atoms. The molecule has 17 heavy (non-hydrogen) atoms. The van der Waals surface area contributed by atoms with E-state index in [1.165, 1.54) is 0 Å². The van der Waals surface area contributed by atoms with Crippen LogP contribution in [-0.2, 0) is 16.1 Å². The molecular weight excluding hydrogens is 222 g/mol. The Morgan fingerprint density at radius 3 is 2.71 bits per heavy atom. The highest BCUT2D eigenvalue weighted by Crippen LogP contribution is 2.40. The third-order valence-electron chi connectivity index (χ3n) is 3.17. The van der Waals surface area contributed by atoms with Gasteiger partial charge in [-0.2, -0.15) is 0 Å². The first-order valence-electron chi connectivity index (χ1n) is 5.51. The van der Waals surface area contributed by atoms with E-state index in [0.717, 1.165) is 11.3 Å². The molecule has 5 heteroatoms. The molecule has 0 unspecified atom stereocenters. The van der Waals surface area contributed by atoms with Crippen LogP contribution in [0.2, 0.25) is 0 Å².